The van der Waals surface area contributed by atoms with Gasteiger partial charge in [0, 0.05) is 19.0 Å². The number of aromatic nitrogens is 1. The lowest BCUT2D eigenvalue weighted by molar-refractivity contribution is 0.0167. The number of nitrogens with zero attached hydrogens (tertiary/aromatic N) is 2. The molecule has 1 unspecified atom stereocenters. The van der Waals surface area contributed by atoms with Crippen molar-refractivity contribution in [2.75, 3.05) is 25.1 Å². The molecule has 3 N–H and O–H groups in total. The lowest BCUT2D eigenvalue weighted by Gasteiger charge is -2.14. The normalized spacial score (nSPS) is 11.7. The monoisotopic (exact) mass is 437 g/mol. The number of carbonyl (C=O) groups is 2. The Kier molecular flexibility index (Phi) is 7.10. The van der Waals surface area contributed by atoms with E-state index in [1.54, 1.807) is 29.8 Å². The molecule has 3 aromatic rings. The summed E-state index contributed by atoms with van der Waals surface area (Å²) in [5.41, 5.74) is 1.02. The minimum Gasteiger partial charge on any atom is -0.489 e. The van der Waals surface area contributed by atoms with Gasteiger partial charge in [-0.2, -0.15) is 5.26 Å². The number of ether oxygens (including phenoxy) is 2. The highest BCUT2D eigenvalue weighted by molar-refractivity contribution is 6.09. The maximum Gasteiger partial charge on any atom is 0.337 e. The van der Waals surface area contributed by atoms with Crippen molar-refractivity contribution in [3.63, 3.8) is 0 Å². The molecule has 0 saturated carbocycles. The quantitative estimate of drug-likeness (QED) is 0.469. The molecule has 0 spiro atoms. The Labute approximate surface area is 184 Å². The highest BCUT2D eigenvalue weighted by Crippen LogP contribution is 2.29. The largest absolute Gasteiger partial charge is 0.489 e. The molecule has 32 heavy (non-hydrogen) atoms. The summed E-state index contributed by atoms with van der Waals surface area (Å²) in [7, 11) is 1.69. The van der Waals surface area contributed by atoms with Gasteiger partial charge in [-0.1, -0.05) is 12.1 Å². The summed E-state index contributed by atoms with van der Waals surface area (Å²) >= 11 is 0. The van der Waals surface area contributed by atoms with E-state index in [0.717, 1.165) is 5.39 Å². The molecule has 0 aliphatic rings. The van der Waals surface area contributed by atoms with Crippen LogP contribution in [0.15, 0.2) is 42.5 Å². The smallest absolute Gasteiger partial charge is 0.337 e. The van der Waals surface area contributed by atoms with Gasteiger partial charge in [0.2, 0.25) is 0 Å². The van der Waals surface area contributed by atoms with Gasteiger partial charge in [0.1, 0.15) is 24.2 Å². The number of para-hydroxylation sites is 1. The number of amides is 1. The molecule has 0 fully saturated rings. The molecule has 0 aliphatic carbocycles. The topological polar surface area (TPSA) is 134 Å². The number of hydrogen-bond donors (Lipinski definition) is 3. The van der Waals surface area contributed by atoms with Crippen LogP contribution in [0.4, 0.5) is 5.69 Å². The van der Waals surface area contributed by atoms with Crippen molar-refractivity contribution in [1.82, 2.24) is 4.57 Å². The first-order valence-corrected chi connectivity index (χ1v) is 9.91. The molecule has 9 nitrogen and oxygen atoms in total. The highest BCUT2D eigenvalue weighted by atomic mass is 16.5. The molecule has 1 amide bonds. The summed E-state index contributed by atoms with van der Waals surface area (Å²) < 4.78 is 12.6. The summed E-state index contributed by atoms with van der Waals surface area (Å²) in [4.78, 5) is 24.5. The van der Waals surface area contributed by atoms with Crippen molar-refractivity contribution in [3.05, 3.63) is 59.3 Å². The highest BCUT2D eigenvalue weighted by Gasteiger charge is 2.19. The van der Waals surface area contributed by atoms with E-state index in [4.69, 9.17) is 14.7 Å². The van der Waals surface area contributed by atoms with Crippen LogP contribution in [0, 0.1) is 11.3 Å². The van der Waals surface area contributed by atoms with E-state index in [0.29, 0.717) is 17.9 Å². The van der Waals surface area contributed by atoms with E-state index in [-0.39, 0.29) is 35.7 Å². The van der Waals surface area contributed by atoms with Gasteiger partial charge in [-0.15, -0.1) is 0 Å². The number of nitriles is 1. The van der Waals surface area contributed by atoms with Gasteiger partial charge in [-0.05, 0) is 37.3 Å². The van der Waals surface area contributed by atoms with Crippen LogP contribution < -0.4 is 10.1 Å². The molecule has 3 rings (SSSR count). The third-order valence-corrected chi connectivity index (χ3v) is 4.82. The first kappa shape index (κ1) is 22.8. The number of benzene rings is 2. The first-order valence-electron chi connectivity index (χ1n) is 9.91. The van der Waals surface area contributed by atoms with Gasteiger partial charge in [-0.25, -0.2) is 4.79 Å². The molecule has 1 aromatic heterocycles. The van der Waals surface area contributed by atoms with Crippen LogP contribution in [0.5, 0.6) is 5.75 Å². The van der Waals surface area contributed by atoms with E-state index in [1.165, 1.54) is 18.2 Å². The van der Waals surface area contributed by atoms with Gasteiger partial charge in [0.05, 0.1) is 35.0 Å². The zero-order chi connectivity index (χ0) is 23.3. The second-order valence-corrected chi connectivity index (χ2v) is 7.04. The molecule has 166 valence electrons. The third-order valence-electron chi connectivity index (χ3n) is 4.82. The first-order chi connectivity index (χ1) is 15.3. The Morgan fingerprint density at radius 1 is 1.22 bits per heavy atom. The second kappa shape index (κ2) is 9.96. The second-order valence-electron chi connectivity index (χ2n) is 7.04. The zero-order valence-electron chi connectivity index (χ0n) is 17.7. The predicted molar refractivity (Wildman–Crippen MR) is 117 cm³/mol. The maximum atomic E-state index is 12.9. The molecule has 9 heteroatoms. The van der Waals surface area contributed by atoms with Crippen molar-refractivity contribution in [1.29, 1.82) is 5.26 Å². The van der Waals surface area contributed by atoms with Gasteiger partial charge in [0.25, 0.3) is 5.91 Å². The molecular weight excluding hydrogens is 414 g/mol. The van der Waals surface area contributed by atoms with E-state index in [9.17, 15) is 19.8 Å². The Morgan fingerprint density at radius 3 is 2.69 bits per heavy atom. The fraction of sp³-hybridized carbons (Fsp3) is 0.261. The number of aliphatic hydroxyl groups is 1. The number of aliphatic hydroxyl groups excluding tert-OH is 1. The number of rotatable bonds is 9. The average molecular weight is 437 g/mol. The number of carboxylic acid groups (broad SMARTS) is 1. The lowest BCUT2D eigenvalue weighted by Crippen LogP contribution is -2.23. The van der Waals surface area contributed by atoms with Crippen LogP contribution in [0.2, 0.25) is 0 Å². The minimum atomic E-state index is -1.25. The number of aryl methyl sites for hydroxylation is 1. The van der Waals surface area contributed by atoms with Crippen LogP contribution in [-0.4, -0.2) is 52.6 Å². The summed E-state index contributed by atoms with van der Waals surface area (Å²) in [6.07, 6.45) is -0.793. The van der Waals surface area contributed by atoms with Crippen LogP contribution in [0.1, 0.15) is 33.3 Å². The molecular formula is C23H23N3O6. The van der Waals surface area contributed by atoms with E-state index in [2.05, 4.69) is 5.32 Å². The average Bonchev–Trinajstić information content (AvgIpc) is 3.13. The summed E-state index contributed by atoms with van der Waals surface area (Å²) in [5.74, 6) is -1.28. The maximum absolute atomic E-state index is 12.9. The predicted octanol–water partition coefficient (Wildman–Crippen LogP) is 2.78. The Hall–Kier alpha value is -3.87. The number of carbonyl (C=O) groups excluding carboxylic acids is 1. The Morgan fingerprint density at radius 2 is 2.00 bits per heavy atom. The zero-order valence-corrected chi connectivity index (χ0v) is 17.7. The molecule has 0 aliphatic heterocycles. The summed E-state index contributed by atoms with van der Waals surface area (Å²) in [6, 6.07) is 12.9. The number of nitrogens with one attached hydrogen (secondary N) is 1. The SMILES string of the molecule is CCOCC(O)COc1cccc2cc(C(=O)Nc3ccc(C#N)cc3C(=O)O)n(C)c12. The number of aromatic carboxylic acids is 1. The van der Waals surface area contributed by atoms with Crippen molar-refractivity contribution in [2.45, 2.75) is 13.0 Å². The van der Waals surface area contributed by atoms with Gasteiger partial charge < -0.3 is 29.6 Å². The summed E-state index contributed by atoms with van der Waals surface area (Å²) in [5, 5.41) is 31.7. The number of hydrogen-bond acceptors (Lipinski definition) is 6. The van der Waals surface area contributed by atoms with Crippen molar-refractivity contribution in [3.8, 4) is 11.8 Å². The van der Waals surface area contributed by atoms with Gasteiger partial charge in [-0.3, -0.25) is 4.79 Å². The summed E-state index contributed by atoms with van der Waals surface area (Å²) in [6.45, 7) is 2.51. The van der Waals surface area contributed by atoms with E-state index < -0.39 is 18.0 Å². The van der Waals surface area contributed by atoms with Gasteiger partial charge in [0.15, 0.2) is 0 Å². The fourth-order valence-electron chi connectivity index (χ4n) is 3.29. The fourth-order valence-corrected chi connectivity index (χ4v) is 3.29. The van der Waals surface area contributed by atoms with Gasteiger partial charge >= 0.3 is 5.97 Å². The van der Waals surface area contributed by atoms with Crippen molar-refractivity contribution in [2.24, 2.45) is 7.05 Å². The van der Waals surface area contributed by atoms with Crippen LogP contribution in [0.25, 0.3) is 10.9 Å². The van der Waals surface area contributed by atoms with E-state index >= 15 is 0 Å². The Bertz CT molecular complexity index is 1190. The Balaban J connectivity index is 1.87. The third kappa shape index (κ3) is 4.88. The van der Waals surface area contributed by atoms with Crippen LogP contribution in [-0.2, 0) is 11.8 Å². The molecule has 1 heterocycles. The van der Waals surface area contributed by atoms with Crippen molar-refractivity contribution < 1.29 is 29.3 Å². The molecule has 0 saturated heterocycles. The molecule has 0 bridgehead atoms. The lowest BCUT2D eigenvalue weighted by atomic mass is 10.1. The minimum absolute atomic E-state index is 0.0268. The van der Waals surface area contributed by atoms with Crippen molar-refractivity contribution >= 4 is 28.5 Å². The standard InChI is InChI=1S/C23H23N3O6/c1-3-31-12-16(27)13-32-20-6-4-5-15-10-19(26(2)21(15)20)22(28)25-18-8-7-14(11-24)9-17(18)23(29)30/h4-10,16,27H,3,12-13H2,1-2H3,(H,25,28)(H,29,30). The van der Waals surface area contributed by atoms with Crippen LogP contribution in [0.3, 0.4) is 0 Å². The molecule has 1 atom stereocenters. The van der Waals surface area contributed by atoms with Crippen LogP contribution >= 0.6 is 0 Å². The molecule has 0 radical (unpaired) electrons. The number of fused-ring (bicyclic) bond motifs is 1. The van der Waals surface area contributed by atoms with E-state index in [1.807, 2.05) is 19.1 Å². The number of carboxylic acids is 1. The molecule has 2 aromatic carbocycles. The number of anilines is 1.